The first-order chi connectivity index (χ1) is 32.5. The van der Waals surface area contributed by atoms with Crippen molar-refractivity contribution in [3.8, 4) is 34.5 Å². The molecule has 0 unspecified atom stereocenters. The maximum absolute atomic E-state index is 14.1. The largest absolute Gasteiger partial charge is 0.489 e. The molecule has 0 amide bonds. The molecule has 66 heavy (non-hydrogen) atoms. The average molecular weight is 879 g/mol. The number of rotatable bonds is 18. The molecule has 2 atom stereocenters. The van der Waals surface area contributed by atoms with Gasteiger partial charge in [-0.1, -0.05) is 152 Å². The summed E-state index contributed by atoms with van der Waals surface area (Å²) in [6.07, 6.45) is -1.62. The lowest BCUT2D eigenvalue weighted by Gasteiger charge is -2.35. The monoisotopic (exact) mass is 878 g/mol. The van der Waals surface area contributed by atoms with Crippen LogP contribution < -0.4 is 28.4 Å². The summed E-state index contributed by atoms with van der Waals surface area (Å²) in [5.74, 6) is 1.64. The SMILES string of the molecule is O=C(O[C@@H]1Cc2c(OCc3ccccc3)cc(OCc3ccccc3)cc2O[C@@H]1c1cc(OCc2ccccc2)c(OCc2ccccc2)c(OCc2ccccc2)c1)c1ccc(F)cc1. The summed E-state index contributed by atoms with van der Waals surface area (Å²) in [5, 5.41) is 0. The van der Waals surface area contributed by atoms with E-state index in [0.717, 1.165) is 27.8 Å². The van der Waals surface area contributed by atoms with Crippen molar-refractivity contribution >= 4 is 5.97 Å². The molecule has 0 aromatic heterocycles. The second kappa shape index (κ2) is 21.1. The Morgan fingerprint density at radius 1 is 0.485 bits per heavy atom. The van der Waals surface area contributed by atoms with Crippen LogP contribution in [0.5, 0.6) is 34.5 Å². The van der Waals surface area contributed by atoms with Crippen molar-refractivity contribution in [2.75, 3.05) is 0 Å². The van der Waals surface area contributed by atoms with Gasteiger partial charge in [-0.05, 0) is 64.2 Å². The fraction of sp³-hybridized carbons (Fsp3) is 0.140. The zero-order chi connectivity index (χ0) is 44.9. The standard InChI is InChI=1S/C57H47FO8/c58-47-28-26-45(27-29-47)57(59)66-54-34-49-50(61-36-41-18-8-2-9-19-41)32-48(60-35-40-16-6-1-7-17-40)33-51(49)65-55(54)46-30-52(62-37-42-20-10-3-11-21-42)56(64-39-44-24-14-5-15-25-44)53(31-46)63-38-43-22-12-4-13-23-43/h1-33,54-55H,34-39H2/t54-,55-/m1/s1. The van der Waals surface area contributed by atoms with Crippen LogP contribution in [0.15, 0.2) is 200 Å². The number of carbonyl (C=O) groups excluding carboxylic acids is 1. The van der Waals surface area contributed by atoms with E-state index in [1.807, 2.05) is 176 Å². The number of fused-ring (bicyclic) bond motifs is 1. The highest BCUT2D eigenvalue weighted by Gasteiger charge is 2.38. The highest BCUT2D eigenvalue weighted by molar-refractivity contribution is 5.89. The summed E-state index contributed by atoms with van der Waals surface area (Å²) in [6, 6.07) is 62.0. The van der Waals surface area contributed by atoms with Gasteiger partial charge in [-0.15, -0.1) is 0 Å². The number of hydrogen-bond acceptors (Lipinski definition) is 8. The molecule has 8 aromatic carbocycles. The van der Waals surface area contributed by atoms with Gasteiger partial charge in [0, 0.05) is 29.7 Å². The molecule has 9 rings (SSSR count). The Morgan fingerprint density at radius 2 is 0.909 bits per heavy atom. The average Bonchev–Trinajstić information content (AvgIpc) is 3.37. The number of carbonyl (C=O) groups is 1. The van der Waals surface area contributed by atoms with Crippen LogP contribution >= 0.6 is 0 Å². The lowest BCUT2D eigenvalue weighted by Crippen LogP contribution is -2.35. The first-order valence-electron chi connectivity index (χ1n) is 21.8. The molecule has 1 heterocycles. The van der Waals surface area contributed by atoms with Gasteiger partial charge in [-0.2, -0.15) is 0 Å². The quantitative estimate of drug-likeness (QED) is 0.0789. The van der Waals surface area contributed by atoms with Crippen LogP contribution in [0.3, 0.4) is 0 Å². The van der Waals surface area contributed by atoms with Crippen molar-refractivity contribution in [3.63, 3.8) is 0 Å². The molecule has 0 aliphatic carbocycles. The summed E-state index contributed by atoms with van der Waals surface area (Å²) in [5.41, 5.74) is 6.29. The molecule has 1 aliphatic rings. The smallest absolute Gasteiger partial charge is 0.338 e. The minimum absolute atomic E-state index is 0.189. The molecular weight excluding hydrogens is 832 g/mol. The normalized spacial score (nSPS) is 14.0. The van der Waals surface area contributed by atoms with Gasteiger partial charge in [0.05, 0.1) is 5.56 Å². The Bertz CT molecular complexity index is 2740. The highest BCUT2D eigenvalue weighted by Crippen LogP contribution is 2.48. The van der Waals surface area contributed by atoms with E-state index in [-0.39, 0.29) is 38.4 Å². The first-order valence-corrected chi connectivity index (χ1v) is 21.8. The zero-order valence-corrected chi connectivity index (χ0v) is 36.1. The molecule has 9 heteroatoms. The topological polar surface area (TPSA) is 81.7 Å². The van der Waals surface area contributed by atoms with E-state index >= 15 is 0 Å². The Hall–Kier alpha value is -8.04. The second-order valence-electron chi connectivity index (χ2n) is 15.8. The summed E-state index contributed by atoms with van der Waals surface area (Å²) in [7, 11) is 0. The Morgan fingerprint density at radius 3 is 1.38 bits per heavy atom. The molecule has 0 saturated heterocycles. The van der Waals surface area contributed by atoms with Crippen LogP contribution in [-0.2, 0) is 44.2 Å². The third kappa shape index (κ3) is 11.2. The molecule has 0 N–H and O–H groups in total. The van der Waals surface area contributed by atoms with Crippen LogP contribution in [-0.4, -0.2) is 12.1 Å². The van der Waals surface area contributed by atoms with Gasteiger partial charge in [-0.3, -0.25) is 0 Å². The highest BCUT2D eigenvalue weighted by atomic mass is 19.1. The molecule has 8 aromatic rings. The molecule has 0 fully saturated rings. The van der Waals surface area contributed by atoms with Gasteiger partial charge in [0.2, 0.25) is 5.75 Å². The van der Waals surface area contributed by atoms with Crippen molar-refractivity contribution in [1.82, 2.24) is 0 Å². The van der Waals surface area contributed by atoms with Crippen molar-refractivity contribution < 1.29 is 42.3 Å². The minimum atomic E-state index is -0.912. The molecule has 1 aliphatic heterocycles. The van der Waals surface area contributed by atoms with Gasteiger partial charge in [0.1, 0.15) is 62.2 Å². The Labute approximate surface area is 383 Å². The van der Waals surface area contributed by atoms with E-state index in [0.29, 0.717) is 52.2 Å². The third-order valence-corrected chi connectivity index (χ3v) is 11.0. The minimum Gasteiger partial charge on any atom is -0.489 e. The van der Waals surface area contributed by atoms with Crippen LogP contribution in [0.1, 0.15) is 55.4 Å². The molecule has 0 saturated carbocycles. The predicted molar refractivity (Wildman–Crippen MR) is 249 cm³/mol. The predicted octanol–water partition coefficient (Wildman–Crippen LogP) is 12.6. The second-order valence-corrected chi connectivity index (χ2v) is 15.8. The van der Waals surface area contributed by atoms with Crippen molar-refractivity contribution in [3.05, 3.63) is 251 Å². The molecule has 0 radical (unpaired) electrons. The van der Waals surface area contributed by atoms with Gasteiger partial charge in [-0.25, -0.2) is 9.18 Å². The van der Waals surface area contributed by atoms with Crippen molar-refractivity contribution in [1.29, 1.82) is 0 Å². The van der Waals surface area contributed by atoms with Crippen molar-refractivity contribution in [2.24, 2.45) is 0 Å². The first kappa shape index (κ1) is 43.2. The zero-order valence-electron chi connectivity index (χ0n) is 36.1. The maximum atomic E-state index is 14.1. The lowest BCUT2D eigenvalue weighted by molar-refractivity contribution is -0.0190. The van der Waals surface area contributed by atoms with Crippen LogP contribution in [0.2, 0.25) is 0 Å². The summed E-state index contributed by atoms with van der Waals surface area (Å²) < 4.78 is 60.3. The van der Waals surface area contributed by atoms with E-state index in [9.17, 15) is 9.18 Å². The number of esters is 1. The molecule has 330 valence electrons. The fourth-order valence-electron chi connectivity index (χ4n) is 7.61. The van der Waals surface area contributed by atoms with Crippen molar-refractivity contribution in [2.45, 2.75) is 51.7 Å². The Balaban J connectivity index is 1.14. The maximum Gasteiger partial charge on any atom is 0.338 e. The number of benzene rings is 8. The molecule has 8 nitrogen and oxygen atoms in total. The van der Waals surface area contributed by atoms with Crippen LogP contribution in [0.4, 0.5) is 4.39 Å². The van der Waals surface area contributed by atoms with Crippen LogP contribution in [0.25, 0.3) is 0 Å². The summed E-state index contributed by atoms with van der Waals surface area (Å²) >= 11 is 0. The van der Waals surface area contributed by atoms with E-state index in [2.05, 4.69) is 0 Å². The molecular formula is C57H47FO8. The summed E-state index contributed by atoms with van der Waals surface area (Å²) in [4.78, 5) is 14.0. The van der Waals surface area contributed by atoms with Gasteiger partial charge in [0.25, 0.3) is 0 Å². The Kier molecular flexibility index (Phi) is 13.8. The summed E-state index contributed by atoms with van der Waals surface area (Å²) in [6.45, 7) is 1.28. The number of hydrogen-bond donors (Lipinski definition) is 0. The van der Waals surface area contributed by atoms with Gasteiger partial charge in [0.15, 0.2) is 17.6 Å². The van der Waals surface area contributed by atoms with E-state index in [4.69, 9.17) is 33.2 Å². The fourth-order valence-corrected chi connectivity index (χ4v) is 7.61. The van der Waals surface area contributed by atoms with E-state index < -0.39 is 24.0 Å². The molecule has 0 bridgehead atoms. The van der Waals surface area contributed by atoms with E-state index in [1.165, 1.54) is 24.3 Å². The van der Waals surface area contributed by atoms with Gasteiger partial charge < -0.3 is 33.2 Å². The third-order valence-electron chi connectivity index (χ3n) is 11.0. The lowest BCUT2D eigenvalue weighted by atomic mass is 9.93. The number of ether oxygens (including phenoxy) is 7. The van der Waals surface area contributed by atoms with Crippen LogP contribution in [0, 0.1) is 5.82 Å². The van der Waals surface area contributed by atoms with Gasteiger partial charge >= 0.3 is 5.97 Å². The number of halogens is 1. The van der Waals surface area contributed by atoms with E-state index in [1.54, 1.807) is 0 Å². The molecule has 0 spiro atoms.